The number of alkyl halides is 6. The van der Waals surface area contributed by atoms with Crippen LogP contribution in [0.15, 0.2) is 18.2 Å². The van der Waals surface area contributed by atoms with E-state index in [0.29, 0.717) is 24.7 Å². The lowest BCUT2D eigenvalue weighted by atomic mass is 10.1. The Morgan fingerprint density at radius 1 is 0.821 bits per heavy atom. The molecular weight excluding hydrogens is 491 g/mol. The summed E-state index contributed by atoms with van der Waals surface area (Å²) in [6, 6.07) is 5.44. The van der Waals surface area contributed by atoms with E-state index >= 15 is 0 Å². The van der Waals surface area contributed by atoms with Gasteiger partial charge in [0.15, 0.2) is 17.5 Å². The van der Waals surface area contributed by atoms with Gasteiger partial charge in [-0.3, -0.25) is 0 Å². The SMILES string of the molecule is CCOc1ccc(C=Cc2nc(C(Cl)(Cl)Cl)nc(C(Cl)(Cl)Cl)n2)c(OCC)c1. The quantitative estimate of drug-likeness (QED) is 0.420. The Labute approximate surface area is 192 Å². The number of hydrogen-bond acceptors (Lipinski definition) is 5. The van der Waals surface area contributed by atoms with Crippen LogP contribution in [-0.2, 0) is 7.59 Å². The third-order valence-corrected chi connectivity index (χ3v) is 4.18. The monoisotopic (exact) mass is 503 g/mol. The molecule has 28 heavy (non-hydrogen) atoms. The van der Waals surface area contributed by atoms with Crippen molar-refractivity contribution in [2.75, 3.05) is 13.2 Å². The van der Waals surface area contributed by atoms with Crippen LogP contribution < -0.4 is 9.47 Å². The van der Waals surface area contributed by atoms with Crippen LogP contribution >= 0.6 is 69.6 Å². The van der Waals surface area contributed by atoms with Gasteiger partial charge in [-0.15, -0.1) is 0 Å². The predicted octanol–water partition coefficient (Wildman–Crippen LogP) is 6.49. The van der Waals surface area contributed by atoms with Crippen LogP contribution in [0.25, 0.3) is 12.2 Å². The Hall–Kier alpha value is -0.690. The van der Waals surface area contributed by atoms with Crippen LogP contribution in [-0.4, -0.2) is 28.2 Å². The molecule has 0 aliphatic rings. The van der Waals surface area contributed by atoms with Gasteiger partial charge in [-0.2, -0.15) is 0 Å². The lowest BCUT2D eigenvalue weighted by Gasteiger charge is -2.14. The van der Waals surface area contributed by atoms with Crippen LogP contribution in [0.2, 0.25) is 0 Å². The molecule has 1 aromatic carbocycles. The zero-order valence-corrected chi connectivity index (χ0v) is 19.3. The van der Waals surface area contributed by atoms with Crippen molar-refractivity contribution in [1.29, 1.82) is 0 Å². The van der Waals surface area contributed by atoms with Crippen LogP contribution in [0.1, 0.15) is 36.9 Å². The first-order valence-corrected chi connectivity index (χ1v) is 10.3. The molecule has 0 unspecified atom stereocenters. The Morgan fingerprint density at radius 3 is 1.89 bits per heavy atom. The second-order valence-electron chi connectivity index (χ2n) is 5.24. The number of nitrogens with zero attached hydrogens (tertiary/aromatic N) is 3. The summed E-state index contributed by atoms with van der Waals surface area (Å²) in [5.41, 5.74) is 0.761. The molecule has 5 nitrogen and oxygen atoms in total. The highest BCUT2D eigenvalue weighted by atomic mass is 35.6. The van der Waals surface area contributed by atoms with Crippen LogP contribution in [0.5, 0.6) is 11.5 Å². The highest BCUT2D eigenvalue weighted by molar-refractivity contribution is 6.67. The zero-order valence-electron chi connectivity index (χ0n) is 14.7. The molecule has 0 aliphatic carbocycles. The van der Waals surface area contributed by atoms with Gasteiger partial charge in [0, 0.05) is 11.6 Å². The van der Waals surface area contributed by atoms with Crippen LogP contribution in [0.4, 0.5) is 0 Å². The maximum Gasteiger partial charge on any atom is 0.250 e. The van der Waals surface area contributed by atoms with Gasteiger partial charge in [0.2, 0.25) is 7.59 Å². The maximum absolute atomic E-state index is 5.87. The number of rotatable bonds is 6. The summed E-state index contributed by atoms with van der Waals surface area (Å²) in [7, 11) is 0. The molecule has 0 spiro atoms. The van der Waals surface area contributed by atoms with Crippen molar-refractivity contribution in [3.05, 3.63) is 41.2 Å². The van der Waals surface area contributed by atoms with Gasteiger partial charge in [0.05, 0.1) is 13.2 Å². The van der Waals surface area contributed by atoms with Gasteiger partial charge in [0.25, 0.3) is 0 Å². The van der Waals surface area contributed by atoms with Crippen molar-refractivity contribution in [3.63, 3.8) is 0 Å². The first kappa shape index (κ1) is 23.6. The lowest BCUT2D eigenvalue weighted by Crippen LogP contribution is -2.16. The van der Waals surface area contributed by atoms with Gasteiger partial charge in [-0.1, -0.05) is 69.6 Å². The Balaban J connectivity index is 2.45. The van der Waals surface area contributed by atoms with E-state index in [4.69, 9.17) is 79.1 Å². The largest absolute Gasteiger partial charge is 0.494 e. The summed E-state index contributed by atoms with van der Waals surface area (Å²) < 4.78 is 7.33. The normalized spacial score (nSPS) is 12.4. The van der Waals surface area contributed by atoms with Gasteiger partial charge in [-0.05, 0) is 38.1 Å². The summed E-state index contributed by atoms with van der Waals surface area (Å²) in [5.74, 6) is 1.14. The van der Waals surface area contributed by atoms with Crippen molar-refractivity contribution in [2.24, 2.45) is 0 Å². The molecule has 0 amide bonds. The van der Waals surface area contributed by atoms with E-state index in [2.05, 4.69) is 15.0 Å². The summed E-state index contributed by atoms with van der Waals surface area (Å²) >= 11 is 35.2. The number of aromatic nitrogens is 3. The van der Waals surface area contributed by atoms with Crippen molar-refractivity contribution in [2.45, 2.75) is 21.4 Å². The highest BCUT2D eigenvalue weighted by Crippen LogP contribution is 2.40. The molecule has 2 rings (SSSR count). The highest BCUT2D eigenvalue weighted by Gasteiger charge is 2.33. The minimum absolute atomic E-state index is 0.147. The Morgan fingerprint density at radius 2 is 1.39 bits per heavy atom. The fourth-order valence-electron chi connectivity index (χ4n) is 2.07. The van der Waals surface area contributed by atoms with Crippen LogP contribution in [0.3, 0.4) is 0 Å². The minimum Gasteiger partial charge on any atom is -0.494 e. The maximum atomic E-state index is 5.87. The van der Waals surface area contributed by atoms with Crippen LogP contribution in [0, 0.1) is 0 Å². The Bertz CT molecular complexity index is 818. The van der Waals surface area contributed by atoms with E-state index in [-0.39, 0.29) is 17.5 Å². The van der Waals surface area contributed by atoms with E-state index in [9.17, 15) is 0 Å². The third-order valence-electron chi connectivity index (χ3n) is 3.17. The third kappa shape index (κ3) is 6.68. The second kappa shape index (κ2) is 9.88. The van der Waals surface area contributed by atoms with Crippen molar-refractivity contribution < 1.29 is 9.47 Å². The molecule has 0 atom stereocenters. The molecule has 11 heteroatoms. The minimum atomic E-state index is -1.91. The predicted molar refractivity (Wildman–Crippen MR) is 116 cm³/mol. The standard InChI is InChI=1S/C17H15Cl6N3O2/c1-3-27-11-7-5-10(12(9-11)28-4-2)6-8-13-24-14(16(18,19)20)26-15(25-13)17(21,22)23/h5-9H,3-4H2,1-2H3. The van der Waals surface area contributed by atoms with Gasteiger partial charge in [-0.25, -0.2) is 15.0 Å². The zero-order chi connectivity index (χ0) is 20.9. The van der Waals surface area contributed by atoms with E-state index < -0.39 is 7.59 Å². The van der Waals surface area contributed by atoms with Gasteiger partial charge >= 0.3 is 0 Å². The number of benzene rings is 1. The molecule has 2 aromatic rings. The van der Waals surface area contributed by atoms with Gasteiger partial charge in [0.1, 0.15) is 11.5 Å². The molecule has 0 radical (unpaired) electrons. The lowest BCUT2D eigenvalue weighted by molar-refractivity contribution is 0.322. The second-order valence-corrected chi connectivity index (χ2v) is 9.80. The summed E-state index contributed by atoms with van der Waals surface area (Å²) in [5, 5.41) is 0. The van der Waals surface area contributed by atoms with E-state index in [1.54, 1.807) is 18.2 Å². The molecule has 0 fully saturated rings. The first-order valence-electron chi connectivity index (χ1n) is 8.02. The van der Waals surface area contributed by atoms with Gasteiger partial charge < -0.3 is 9.47 Å². The van der Waals surface area contributed by atoms with Crippen molar-refractivity contribution in [3.8, 4) is 11.5 Å². The van der Waals surface area contributed by atoms with E-state index in [1.165, 1.54) is 0 Å². The molecule has 0 saturated heterocycles. The molecule has 0 N–H and O–H groups in total. The summed E-state index contributed by atoms with van der Waals surface area (Å²) in [4.78, 5) is 12.1. The number of ether oxygens (including phenoxy) is 2. The summed E-state index contributed by atoms with van der Waals surface area (Å²) in [6.45, 7) is 4.81. The molecular formula is C17H15Cl6N3O2. The average molecular weight is 506 g/mol. The topological polar surface area (TPSA) is 57.1 Å². The van der Waals surface area contributed by atoms with E-state index in [0.717, 1.165) is 5.56 Å². The number of halogens is 6. The van der Waals surface area contributed by atoms with Crippen molar-refractivity contribution >= 4 is 81.8 Å². The molecule has 152 valence electrons. The molecule has 0 aliphatic heterocycles. The molecule has 1 heterocycles. The van der Waals surface area contributed by atoms with Crippen molar-refractivity contribution in [1.82, 2.24) is 15.0 Å². The number of hydrogen-bond donors (Lipinski definition) is 0. The first-order chi connectivity index (χ1) is 13.0. The molecule has 0 saturated carbocycles. The fraction of sp³-hybridized carbons (Fsp3) is 0.353. The fourth-order valence-corrected chi connectivity index (χ4v) is 2.58. The molecule has 0 bridgehead atoms. The average Bonchev–Trinajstić information content (AvgIpc) is 2.60. The smallest absolute Gasteiger partial charge is 0.250 e. The summed E-state index contributed by atoms with van der Waals surface area (Å²) in [6.07, 6.45) is 3.29. The van der Waals surface area contributed by atoms with E-state index in [1.807, 2.05) is 26.0 Å². The Kier molecular flexibility index (Phi) is 8.32. The molecule has 1 aromatic heterocycles.